The number of nitrogens with one attached hydrogen (secondary N) is 1. The topological polar surface area (TPSA) is 84.8 Å². The van der Waals surface area contributed by atoms with Crippen molar-refractivity contribution < 1.29 is 32.0 Å². The lowest BCUT2D eigenvalue weighted by atomic mass is 10.0. The van der Waals surface area contributed by atoms with Crippen molar-refractivity contribution in [2.45, 2.75) is 38.6 Å². The number of hydrogen-bond acceptors (Lipinski definition) is 3. The molecule has 1 aromatic carbocycles. The van der Waals surface area contributed by atoms with Crippen molar-refractivity contribution in [1.29, 1.82) is 0 Å². The Bertz CT molecular complexity index is 669. The smallest absolute Gasteiger partial charge is 0.419 e. The summed E-state index contributed by atoms with van der Waals surface area (Å²) in [5.74, 6) is -1.74. The molecule has 1 unspecified atom stereocenters. The predicted molar refractivity (Wildman–Crippen MR) is 83.2 cm³/mol. The van der Waals surface area contributed by atoms with Crippen molar-refractivity contribution in [3.63, 3.8) is 0 Å². The molecule has 0 aromatic heterocycles. The first-order valence-corrected chi connectivity index (χ1v) is 7.72. The Morgan fingerprint density at radius 2 is 1.83 bits per heavy atom. The van der Waals surface area contributed by atoms with E-state index in [1.165, 1.54) is 6.92 Å². The molecule has 0 spiro atoms. The number of carbonyl (C=O) groups is 1. The van der Waals surface area contributed by atoms with Crippen LogP contribution in [0.2, 0.25) is 0 Å². The Balaban J connectivity index is 3.48. The molecule has 0 radical (unpaired) electrons. The molecule has 1 amide bonds. The molecule has 0 aliphatic rings. The lowest BCUT2D eigenvalue weighted by molar-refractivity contribution is -0.139. The van der Waals surface area contributed by atoms with E-state index in [-0.39, 0.29) is 11.3 Å². The van der Waals surface area contributed by atoms with Gasteiger partial charge in [-0.05, 0) is 39.8 Å². The average Bonchev–Trinajstić information content (AvgIpc) is 2.37. The van der Waals surface area contributed by atoms with Crippen molar-refractivity contribution in [3.05, 3.63) is 29.1 Å². The van der Waals surface area contributed by atoms with Crippen LogP contribution < -0.4 is 5.32 Å². The molecule has 1 atom stereocenters. The normalized spacial score (nSPS) is 14.5. The molecule has 2 N–H and O–H groups in total. The van der Waals surface area contributed by atoms with Gasteiger partial charge in [0, 0.05) is 5.56 Å². The zero-order valence-corrected chi connectivity index (χ0v) is 14.1. The number of nitrogens with zero attached hydrogens (tertiary/aromatic N) is 1. The summed E-state index contributed by atoms with van der Waals surface area (Å²) in [4.78, 5) is 10.6. The molecule has 0 aliphatic heterocycles. The van der Waals surface area contributed by atoms with E-state index in [1.807, 2.05) is 0 Å². The molecule has 0 saturated heterocycles. The van der Waals surface area contributed by atoms with Crippen LogP contribution in [0.1, 0.15) is 38.8 Å². The molecule has 24 heavy (non-hydrogen) atoms. The number of carboxylic acid groups (broad SMARTS) is 1. The van der Waals surface area contributed by atoms with Crippen LogP contribution in [0.5, 0.6) is 0 Å². The Morgan fingerprint density at radius 1 is 1.29 bits per heavy atom. The summed E-state index contributed by atoms with van der Waals surface area (Å²) >= 11 is -1.74. The van der Waals surface area contributed by atoms with E-state index in [4.69, 9.17) is 5.11 Å². The maximum atomic E-state index is 13.9. The van der Waals surface area contributed by atoms with E-state index in [0.717, 1.165) is 6.07 Å². The predicted octanol–water partition coefficient (Wildman–Crippen LogP) is 4.21. The van der Waals surface area contributed by atoms with E-state index in [2.05, 4.69) is 4.40 Å². The van der Waals surface area contributed by atoms with Gasteiger partial charge >= 0.3 is 12.3 Å². The number of alkyl halides is 3. The molecule has 5 nitrogen and oxygen atoms in total. The first kappa shape index (κ1) is 20.2. The highest BCUT2D eigenvalue weighted by Crippen LogP contribution is 2.35. The Kier molecular flexibility index (Phi) is 5.88. The summed E-state index contributed by atoms with van der Waals surface area (Å²) < 4.78 is 67.8. The second-order valence-electron chi connectivity index (χ2n) is 5.85. The van der Waals surface area contributed by atoms with Crippen molar-refractivity contribution >= 4 is 28.9 Å². The highest BCUT2D eigenvalue weighted by Gasteiger charge is 2.36. The summed E-state index contributed by atoms with van der Waals surface area (Å²) in [6.07, 6.45) is -6.74. The maximum absolute atomic E-state index is 13.9. The van der Waals surface area contributed by atoms with Crippen LogP contribution in [-0.4, -0.2) is 26.2 Å². The van der Waals surface area contributed by atoms with Crippen molar-refractivity contribution in [1.82, 2.24) is 0 Å². The molecule has 0 saturated carbocycles. The minimum atomic E-state index is -5.03. The zero-order chi connectivity index (χ0) is 18.9. The second kappa shape index (κ2) is 6.98. The van der Waals surface area contributed by atoms with E-state index in [9.17, 15) is 26.9 Å². The van der Waals surface area contributed by atoms with Gasteiger partial charge in [0.25, 0.3) is 0 Å². The summed E-state index contributed by atoms with van der Waals surface area (Å²) in [7, 11) is 0. The minimum absolute atomic E-state index is 0.0396. The SMILES string of the molecule is CC(=N[S+]([O-])C(C)(C)C)c1cc(NC(=O)O)c(F)c(C(F)(F)F)c1. The van der Waals surface area contributed by atoms with Gasteiger partial charge in [0.15, 0.2) is 5.82 Å². The van der Waals surface area contributed by atoms with Gasteiger partial charge in [-0.3, -0.25) is 5.32 Å². The van der Waals surface area contributed by atoms with Gasteiger partial charge in [0.2, 0.25) is 0 Å². The van der Waals surface area contributed by atoms with Gasteiger partial charge in [-0.2, -0.15) is 13.2 Å². The van der Waals surface area contributed by atoms with Crippen LogP contribution in [0.4, 0.5) is 28.0 Å². The van der Waals surface area contributed by atoms with E-state index in [1.54, 1.807) is 26.1 Å². The van der Waals surface area contributed by atoms with Gasteiger partial charge < -0.3 is 9.66 Å². The molecule has 1 aromatic rings. The number of benzene rings is 1. The Hall–Kier alpha value is -1.81. The van der Waals surface area contributed by atoms with E-state index < -0.39 is 45.4 Å². The van der Waals surface area contributed by atoms with Crippen LogP contribution in [0.15, 0.2) is 16.5 Å². The van der Waals surface area contributed by atoms with Gasteiger partial charge in [0.05, 0.1) is 17.0 Å². The molecule has 0 bridgehead atoms. The number of hydrogen-bond donors (Lipinski definition) is 2. The maximum Gasteiger partial charge on any atom is 0.419 e. The van der Waals surface area contributed by atoms with Gasteiger partial charge in [-0.15, -0.1) is 0 Å². The van der Waals surface area contributed by atoms with Crippen molar-refractivity contribution in [2.24, 2.45) is 4.40 Å². The summed E-state index contributed by atoms with van der Waals surface area (Å²) in [6, 6.07) is 1.37. The third-order valence-corrected chi connectivity index (χ3v) is 4.27. The molecular formula is C14H16F4N2O3S. The number of rotatable bonds is 3. The quantitative estimate of drug-likeness (QED) is 0.476. The average molecular weight is 368 g/mol. The lowest BCUT2D eigenvalue weighted by Gasteiger charge is -2.19. The van der Waals surface area contributed by atoms with E-state index in [0.29, 0.717) is 6.07 Å². The monoisotopic (exact) mass is 368 g/mol. The van der Waals surface area contributed by atoms with Crippen LogP contribution in [0, 0.1) is 5.82 Å². The third kappa shape index (κ3) is 5.10. The van der Waals surface area contributed by atoms with Gasteiger partial charge in [-0.1, -0.05) is 4.40 Å². The van der Waals surface area contributed by atoms with Gasteiger partial charge in [-0.25, -0.2) is 9.18 Å². The van der Waals surface area contributed by atoms with Crippen LogP contribution >= 0.6 is 0 Å². The van der Waals surface area contributed by atoms with Gasteiger partial charge in [0.1, 0.15) is 16.1 Å². The van der Waals surface area contributed by atoms with E-state index >= 15 is 0 Å². The fraction of sp³-hybridized carbons (Fsp3) is 0.429. The highest BCUT2D eigenvalue weighted by atomic mass is 32.2. The number of anilines is 1. The zero-order valence-electron chi connectivity index (χ0n) is 13.3. The molecule has 134 valence electrons. The standard InChI is InChI=1S/C14H16F4N2O3S/c1-7(20-24(23)13(2,3)4)8-5-9(14(16,17)18)11(15)10(6-8)19-12(21)22/h5-6,19H,1-4H3,(H,21,22). The Labute approximate surface area is 139 Å². The molecule has 1 rings (SSSR count). The number of halogens is 4. The first-order chi connectivity index (χ1) is 10.7. The fourth-order valence-corrected chi connectivity index (χ4v) is 2.19. The summed E-state index contributed by atoms with van der Waals surface area (Å²) in [5, 5.41) is 10.2. The van der Waals surface area contributed by atoms with Crippen molar-refractivity contribution in [3.8, 4) is 0 Å². The lowest BCUT2D eigenvalue weighted by Crippen LogP contribution is -2.26. The summed E-state index contributed by atoms with van der Waals surface area (Å²) in [5.41, 5.74) is -2.73. The Morgan fingerprint density at radius 3 is 2.25 bits per heavy atom. The van der Waals surface area contributed by atoms with Crippen LogP contribution in [-0.2, 0) is 17.5 Å². The van der Waals surface area contributed by atoms with Crippen molar-refractivity contribution in [2.75, 3.05) is 5.32 Å². The first-order valence-electron chi connectivity index (χ1n) is 6.62. The molecular weight excluding hydrogens is 352 g/mol. The van der Waals surface area contributed by atoms with Crippen LogP contribution in [0.25, 0.3) is 0 Å². The summed E-state index contributed by atoms with van der Waals surface area (Å²) in [6.45, 7) is 6.19. The largest absolute Gasteiger partial charge is 0.591 e. The number of amides is 1. The second-order valence-corrected chi connectivity index (χ2v) is 7.76. The molecule has 0 fully saturated rings. The highest BCUT2D eigenvalue weighted by molar-refractivity contribution is 7.91. The molecule has 0 heterocycles. The molecule has 10 heteroatoms. The minimum Gasteiger partial charge on any atom is -0.591 e. The van der Waals surface area contributed by atoms with Crippen LogP contribution in [0.3, 0.4) is 0 Å². The fourth-order valence-electron chi connectivity index (χ4n) is 1.56. The third-order valence-electron chi connectivity index (χ3n) is 2.78. The molecule has 0 aliphatic carbocycles.